The van der Waals surface area contributed by atoms with E-state index in [2.05, 4.69) is 10.8 Å². The van der Waals surface area contributed by atoms with Crippen molar-refractivity contribution in [3.63, 3.8) is 0 Å². The molecule has 1 aliphatic heterocycles. The summed E-state index contributed by atoms with van der Waals surface area (Å²) in [6, 6.07) is 1.15. The van der Waals surface area contributed by atoms with Crippen LogP contribution in [0.4, 0.5) is 0 Å². The van der Waals surface area contributed by atoms with Gasteiger partial charge in [0.2, 0.25) is 0 Å². The molecule has 5 heteroatoms. The van der Waals surface area contributed by atoms with E-state index < -0.39 is 8.72 Å². The molecule has 0 spiro atoms. The first kappa shape index (κ1) is 9.40. The van der Waals surface area contributed by atoms with E-state index in [-0.39, 0.29) is 9.68 Å². The number of nitrogens with zero attached hydrogens (tertiary/aromatic N) is 1. The molecule has 0 N–H and O–H groups in total. The molecular weight excluding hydrogens is 174 g/mol. The normalized spacial score (nSPS) is 25.4. The van der Waals surface area contributed by atoms with E-state index in [0.29, 0.717) is 0 Å². The molecule has 0 aliphatic carbocycles. The lowest BCUT2D eigenvalue weighted by atomic mass is 10.5. The van der Waals surface area contributed by atoms with Crippen LogP contribution in [0.25, 0.3) is 0 Å². The van der Waals surface area contributed by atoms with Crippen molar-refractivity contribution in [2.24, 2.45) is 0 Å². The van der Waals surface area contributed by atoms with Crippen molar-refractivity contribution in [2.45, 2.75) is 19.0 Å². The van der Waals surface area contributed by atoms with E-state index in [1.165, 1.54) is 13.0 Å². The van der Waals surface area contributed by atoms with Gasteiger partial charge in [-0.1, -0.05) is 6.55 Å². The van der Waals surface area contributed by atoms with Gasteiger partial charge in [0.05, 0.1) is 9.68 Å². The summed E-state index contributed by atoms with van der Waals surface area (Å²) in [5.41, 5.74) is 0. The second-order valence-corrected chi connectivity index (χ2v) is 8.21. The Morgan fingerprint density at radius 2 is 2.00 bits per heavy atom. The summed E-state index contributed by atoms with van der Waals surface area (Å²) in [5, 5.41) is 0. The first-order chi connectivity index (χ1) is 5.29. The molecule has 1 rings (SSSR count). The van der Waals surface area contributed by atoms with E-state index >= 15 is 0 Å². The molecule has 11 heavy (non-hydrogen) atoms. The molecule has 0 aromatic rings. The van der Waals surface area contributed by atoms with Crippen LogP contribution in [0.15, 0.2) is 0 Å². The maximum absolute atomic E-state index is 5.53. The molecule has 1 heterocycles. The standard InChI is InChI=1S/C6H17NO2Si2/c1-8-11(9-2)6-4-5-7(11)10-3/h4-6,10H2,1-3H3. The molecule has 0 bridgehead atoms. The minimum absolute atomic E-state index is 0.0906. The highest BCUT2D eigenvalue weighted by Gasteiger charge is 2.45. The lowest BCUT2D eigenvalue weighted by Gasteiger charge is -2.30. The van der Waals surface area contributed by atoms with Crippen molar-refractivity contribution in [3.05, 3.63) is 0 Å². The molecular formula is C6H17NO2Si2. The monoisotopic (exact) mass is 191 g/mol. The maximum atomic E-state index is 5.53. The topological polar surface area (TPSA) is 21.7 Å². The van der Waals surface area contributed by atoms with Crippen LogP contribution < -0.4 is 0 Å². The summed E-state index contributed by atoms with van der Waals surface area (Å²) >= 11 is 0. The average molecular weight is 191 g/mol. The molecule has 3 nitrogen and oxygen atoms in total. The Balaban J connectivity index is 2.63. The molecule has 0 aromatic carbocycles. The highest BCUT2D eigenvalue weighted by molar-refractivity contribution is 6.72. The minimum atomic E-state index is -1.81. The quantitative estimate of drug-likeness (QED) is 0.589. The molecule has 0 atom stereocenters. The third-order valence-corrected chi connectivity index (χ3v) is 9.34. The first-order valence-electron chi connectivity index (χ1n) is 4.14. The summed E-state index contributed by atoms with van der Waals surface area (Å²) < 4.78 is 13.6. The van der Waals surface area contributed by atoms with Crippen LogP contribution in [-0.2, 0) is 8.85 Å². The Morgan fingerprint density at radius 3 is 2.36 bits per heavy atom. The van der Waals surface area contributed by atoms with Gasteiger partial charge >= 0.3 is 8.72 Å². The molecule has 0 aromatic heterocycles. The summed E-state index contributed by atoms with van der Waals surface area (Å²) in [5.74, 6) is 0. The Morgan fingerprint density at radius 1 is 1.36 bits per heavy atom. The molecule has 0 radical (unpaired) electrons. The Bertz CT molecular complexity index is 130. The van der Waals surface area contributed by atoms with Gasteiger partial charge in [-0.15, -0.1) is 0 Å². The fourth-order valence-electron chi connectivity index (χ4n) is 1.77. The van der Waals surface area contributed by atoms with Crippen molar-refractivity contribution >= 4 is 18.4 Å². The maximum Gasteiger partial charge on any atom is 0.420 e. The zero-order valence-corrected chi connectivity index (χ0v) is 10.0. The van der Waals surface area contributed by atoms with Crippen LogP contribution in [-0.4, -0.2) is 43.4 Å². The Kier molecular flexibility index (Phi) is 3.26. The molecule has 1 saturated heterocycles. The van der Waals surface area contributed by atoms with Crippen LogP contribution in [0.1, 0.15) is 6.42 Å². The number of rotatable bonds is 3. The molecule has 1 fully saturated rings. The van der Waals surface area contributed by atoms with E-state index in [1.54, 1.807) is 14.2 Å². The lowest BCUT2D eigenvalue weighted by Crippen LogP contribution is -2.54. The van der Waals surface area contributed by atoms with E-state index in [1.807, 2.05) is 0 Å². The van der Waals surface area contributed by atoms with Crippen LogP contribution in [0.5, 0.6) is 0 Å². The third kappa shape index (κ3) is 1.57. The summed E-state index contributed by atoms with van der Waals surface area (Å²) in [4.78, 5) is 0. The van der Waals surface area contributed by atoms with Crippen molar-refractivity contribution < 1.29 is 8.85 Å². The van der Waals surface area contributed by atoms with Gasteiger partial charge in [-0.3, -0.25) is 0 Å². The number of hydrogen-bond donors (Lipinski definition) is 0. The van der Waals surface area contributed by atoms with Crippen LogP contribution in [0.2, 0.25) is 12.6 Å². The summed E-state index contributed by atoms with van der Waals surface area (Å²) in [6.45, 7) is 3.50. The van der Waals surface area contributed by atoms with Crippen molar-refractivity contribution in [2.75, 3.05) is 20.8 Å². The second kappa shape index (κ2) is 3.82. The molecule has 0 saturated carbocycles. The van der Waals surface area contributed by atoms with Crippen molar-refractivity contribution in [1.82, 2.24) is 4.23 Å². The van der Waals surface area contributed by atoms with Gasteiger partial charge in [-0.2, -0.15) is 0 Å². The van der Waals surface area contributed by atoms with Crippen LogP contribution >= 0.6 is 0 Å². The second-order valence-electron chi connectivity index (χ2n) is 2.80. The highest BCUT2D eigenvalue weighted by atomic mass is 28.4. The zero-order valence-electron chi connectivity index (χ0n) is 7.59. The highest BCUT2D eigenvalue weighted by Crippen LogP contribution is 2.25. The van der Waals surface area contributed by atoms with Gasteiger partial charge in [-0.05, 0) is 13.0 Å². The van der Waals surface area contributed by atoms with Crippen molar-refractivity contribution in [1.29, 1.82) is 0 Å². The van der Waals surface area contributed by atoms with Gasteiger partial charge in [-0.25, -0.2) is 0 Å². The fourth-order valence-corrected chi connectivity index (χ4v) is 7.99. The lowest BCUT2D eigenvalue weighted by molar-refractivity contribution is 0.213. The SMILES string of the molecule is CO[Si]1(OC)CCCN1[SiH2]C. The third-order valence-electron chi connectivity index (χ3n) is 2.42. The predicted molar refractivity (Wildman–Crippen MR) is 50.3 cm³/mol. The smallest absolute Gasteiger partial charge is 0.386 e. The predicted octanol–water partition coefficient (Wildman–Crippen LogP) is 0.0557. The fraction of sp³-hybridized carbons (Fsp3) is 1.00. The van der Waals surface area contributed by atoms with Gasteiger partial charge in [0.1, 0.15) is 0 Å². The Labute approximate surface area is 71.9 Å². The average Bonchev–Trinajstić information content (AvgIpc) is 2.47. The molecule has 1 aliphatic rings. The van der Waals surface area contributed by atoms with Gasteiger partial charge in [0.15, 0.2) is 0 Å². The van der Waals surface area contributed by atoms with Crippen molar-refractivity contribution in [3.8, 4) is 0 Å². The van der Waals surface area contributed by atoms with E-state index in [4.69, 9.17) is 8.85 Å². The minimum Gasteiger partial charge on any atom is -0.386 e. The molecule has 66 valence electrons. The van der Waals surface area contributed by atoms with E-state index in [9.17, 15) is 0 Å². The largest absolute Gasteiger partial charge is 0.420 e. The summed E-state index contributed by atoms with van der Waals surface area (Å²) in [6.07, 6.45) is 1.26. The van der Waals surface area contributed by atoms with Crippen LogP contribution in [0.3, 0.4) is 0 Å². The van der Waals surface area contributed by atoms with Gasteiger partial charge < -0.3 is 13.1 Å². The molecule has 0 amide bonds. The molecule has 0 unspecified atom stereocenters. The van der Waals surface area contributed by atoms with E-state index in [0.717, 1.165) is 6.04 Å². The summed E-state index contributed by atoms with van der Waals surface area (Å²) in [7, 11) is 1.67. The Hall–Kier alpha value is 0.314. The number of hydrogen-bond acceptors (Lipinski definition) is 3. The first-order valence-corrected chi connectivity index (χ1v) is 8.16. The van der Waals surface area contributed by atoms with Crippen LogP contribution in [0, 0.1) is 0 Å². The van der Waals surface area contributed by atoms with Gasteiger partial charge in [0, 0.05) is 20.3 Å². The zero-order chi connectivity index (χ0) is 8.32. The van der Waals surface area contributed by atoms with Gasteiger partial charge in [0.25, 0.3) is 0 Å².